The third-order valence-electron chi connectivity index (χ3n) is 8.77. The number of aromatic hydroxyl groups is 1. The van der Waals surface area contributed by atoms with Crippen LogP contribution in [0, 0.1) is 0 Å². The van der Waals surface area contributed by atoms with Crippen molar-refractivity contribution >= 4 is 61.0 Å². The van der Waals surface area contributed by atoms with Gasteiger partial charge in [0.2, 0.25) is 5.91 Å². The van der Waals surface area contributed by atoms with Crippen LogP contribution in [0.25, 0.3) is 0 Å². The average Bonchev–Trinajstić information content (AvgIpc) is 3.60. The summed E-state index contributed by atoms with van der Waals surface area (Å²) in [5, 5.41) is 21.3. The number of amides is 3. The molecule has 1 aliphatic heterocycles. The number of carboxylic acid groups (broad SMARTS) is 1. The molecule has 2 heterocycles. The fourth-order valence-electron chi connectivity index (χ4n) is 6.15. The number of phenols is 1. The molecule has 0 radical (unpaired) electrons. The monoisotopic (exact) mass is 900 g/mol. The number of likely N-dealkylation sites (N-methyl/N-ethyl adjacent to an activating group) is 1. The Kier molecular flexibility index (Phi) is 15.0. The van der Waals surface area contributed by atoms with Gasteiger partial charge in [0, 0.05) is 11.3 Å². The third kappa shape index (κ3) is 12.5. The maximum absolute atomic E-state index is 14.1. The second-order valence-corrected chi connectivity index (χ2v) is 17.4. The summed E-state index contributed by atoms with van der Waals surface area (Å²) in [5.41, 5.74) is 8.56. The van der Waals surface area contributed by atoms with Crippen LogP contribution in [0.1, 0.15) is 24.0 Å². The van der Waals surface area contributed by atoms with Crippen LogP contribution in [0.4, 0.5) is 23.7 Å². The van der Waals surface area contributed by atoms with Crippen LogP contribution in [0.15, 0.2) is 86.9 Å². The highest BCUT2D eigenvalue weighted by atomic mass is 79.9. The first kappa shape index (κ1) is 44.8. The number of quaternary nitrogens is 1. The van der Waals surface area contributed by atoms with Crippen molar-refractivity contribution in [3.8, 4) is 23.0 Å². The summed E-state index contributed by atoms with van der Waals surface area (Å²) in [6.07, 6.45) is -3.68. The number of anilines is 1. The summed E-state index contributed by atoms with van der Waals surface area (Å²) >= 11 is 4.28. The first-order chi connectivity index (χ1) is 26.7. The zero-order valence-electron chi connectivity index (χ0n) is 30.8. The van der Waals surface area contributed by atoms with E-state index in [1.54, 1.807) is 32.4 Å². The van der Waals surface area contributed by atoms with Crippen LogP contribution in [-0.4, -0.2) is 93.4 Å². The Bertz CT molecular complexity index is 2140. The average molecular weight is 902 g/mol. The lowest BCUT2D eigenvalue weighted by molar-refractivity contribution is -0.928. The number of nitrogens with zero attached hydrogens (tertiary/aromatic N) is 2. The third-order valence-corrected chi connectivity index (χ3v) is 12.1. The number of nitrogens with two attached hydrogens (primary N) is 1. The number of methoxy groups -OCH3 is 2. The van der Waals surface area contributed by atoms with E-state index in [1.807, 2.05) is 18.2 Å². The van der Waals surface area contributed by atoms with Crippen molar-refractivity contribution in [3.05, 3.63) is 93.8 Å². The Morgan fingerprint density at radius 1 is 1.02 bits per heavy atom. The van der Waals surface area contributed by atoms with E-state index in [0.717, 1.165) is 35.4 Å². The summed E-state index contributed by atoms with van der Waals surface area (Å²) in [5.74, 6) is -2.14. The van der Waals surface area contributed by atoms with E-state index in [4.69, 9.17) is 29.3 Å². The number of carboxylic acids is 1. The van der Waals surface area contributed by atoms with Gasteiger partial charge in [-0.1, -0.05) is 12.1 Å². The van der Waals surface area contributed by atoms with Gasteiger partial charge < -0.3 is 44.2 Å². The highest BCUT2D eigenvalue weighted by Gasteiger charge is 2.41. The molecule has 57 heavy (non-hydrogen) atoms. The highest BCUT2D eigenvalue weighted by Crippen LogP contribution is 2.32. The number of aliphatic carboxylic acids is 1. The molecule has 0 aliphatic carbocycles. The number of nitrogens with one attached hydrogen (secondary N) is 1. The van der Waals surface area contributed by atoms with Gasteiger partial charge in [-0.3, -0.25) is 9.69 Å². The smallest absolute Gasteiger partial charge is 0.430 e. The molecule has 1 fully saturated rings. The number of halogens is 4. The fraction of sp³-hybridized carbons (Fsp3) is 0.324. The second kappa shape index (κ2) is 19.0. The Balaban J connectivity index is 0.000000940. The zero-order chi connectivity index (χ0) is 42.1. The quantitative estimate of drug-likeness (QED) is 0.127. The van der Waals surface area contributed by atoms with Crippen molar-refractivity contribution in [2.75, 3.05) is 39.7 Å². The van der Waals surface area contributed by atoms with Crippen molar-refractivity contribution in [3.63, 3.8) is 0 Å². The highest BCUT2D eigenvalue weighted by molar-refractivity contribution is 9.11. The maximum Gasteiger partial charge on any atom is 0.430 e. The van der Waals surface area contributed by atoms with Gasteiger partial charge >= 0.3 is 22.3 Å². The number of carbonyl (C=O) groups excluding carboxylic acids is 3. The van der Waals surface area contributed by atoms with Crippen molar-refractivity contribution in [2.24, 2.45) is 5.73 Å². The van der Waals surface area contributed by atoms with Crippen molar-refractivity contribution in [1.82, 2.24) is 4.90 Å². The summed E-state index contributed by atoms with van der Waals surface area (Å²) < 4.78 is 74.3. The molecule has 3 amide bonds. The summed E-state index contributed by atoms with van der Waals surface area (Å²) in [7, 11) is 1.23. The van der Waals surface area contributed by atoms with E-state index in [0.29, 0.717) is 45.0 Å². The molecule has 1 aliphatic rings. The Hall–Kier alpha value is -4.89. The van der Waals surface area contributed by atoms with Gasteiger partial charge in [0.1, 0.15) is 30.6 Å². The number of imide groups is 1. The second-order valence-electron chi connectivity index (χ2n) is 13.2. The number of alkyl halides is 3. The largest absolute Gasteiger partial charge is 0.542 e. The first-order valence-corrected chi connectivity index (χ1v) is 20.1. The molecule has 1 aromatic heterocycles. The Morgan fingerprint density at radius 3 is 2.19 bits per heavy atom. The zero-order valence-corrected chi connectivity index (χ0v) is 34.0. The van der Waals surface area contributed by atoms with Crippen LogP contribution in [0.5, 0.6) is 23.0 Å². The summed E-state index contributed by atoms with van der Waals surface area (Å²) in [6, 6.07) is 19.0. The van der Waals surface area contributed by atoms with E-state index in [2.05, 4.69) is 28.3 Å². The lowest BCUT2D eigenvalue weighted by Gasteiger charge is -2.44. The van der Waals surface area contributed by atoms with Gasteiger partial charge in [0.05, 0.1) is 43.7 Å². The lowest BCUT2D eigenvalue weighted by Crippen LogP contribution is -2.62. The number of rotatable bonds is 12. The fourth-order valence-corrected chi connectivity index (χ4v) is 9.05. The van der Waals surface area contributed by atoms with Gasteiger partial charge in [-0.05, 0) is 107 Å². The molecular weight excluding hydrogens is 861 g/mol. The number of carbonyl (C=O) groups is 3. The van der Waals surface area contributed by atoms with Gasteiger partial charge in [-0.15, -0.1) is 11.3 Å². The summed E-state index contributed by atoms with van der Waals surface area (Å²) in [6.45, 7) is 1.95. The van der Waals surface area contributed by atoms with E-state index in [9.17, 15) is 36.3 Å². The topological polar surface area (TPSA) is 198 Å². The molecule has 3 atom stereocenters. The normalized spacial score (nSPS) is 17.3. The number of ether oxygens (including phenoxy) is 2. The lowest BCUT2D eigenvalue weighted by atomic mass is 9.98. The van der Waals surface area contributed by atoms with E-state index in [-0.39, 0.29) is 22.1 Å². The van der Waals surface area contributed by atoms with Gasteiger partial charge in [-0.25, -0.2) is 4.79 Å². The molecule has 0 saturated carbocycles. The molecule has 20 heteroatoms. The van der Waals surface area contributed by atoms with Crippen LogP contribution < -0.4 is 29.8 Å². The molecule has 4 aromatic rings. The number of thiophene rings is 1. The van der Waals surface area contributed by atoms with Crippen LogP contribution in [0.3, 0.4) is 0 Å². The number of urea groups is 1. The predicted octanol–water partition coefficient (Wildman–Crippen LogP) is 5.04. The molecule has 1 saturated heterocycles. The van der Waals surface area contributed by atoms with E-state index in [1.165, 1.54) is 47.4 Å². The molecule has 3 aromatic carbocycles. The minimum Gasteiger partial charge on any atom is -0.542 e. The van der Waals surface area contributed by atoms with Crippen molar-refractivity contribution in [1.29, 1.82) is 0 Å². The predicted molar refractivity (Wildman–Crippen MR) is 205 cm³/mol. The van der Waals surface area contributed by atoms with Gasteiger partial charge in [-0.2, -0.15) is 21.6 Å². The Labute approximate surface area is 339 Å². The van der Waals surface area contributed by atoms with Crippen molar-refractivity contribution < 1.29 is 64.3 Å². The standard InChI is InChI=1S/C35H39BrN4O8S2.C2HF3O2/c1-40(21-24-8-15-30(46-2)31(20-24)47-3)18-4-5-26(22-40)39(34(42)29(37)19-23-6-11-27(41)12-7-23)35(43)38-25-9-13-28(14-10-25)48-50(44,45)33-17-16-32(36)49-33;3-2(4,5)1(6)7/h6-17,20,26,29H,4-5,18-19,21-22,37H2,1-3H3,(H-,38,41,43);(H,6,7)/t26-,29-,40?;/m0./s1. The summed E-state index contributed by atoms with van der Waals surface area (Å²) in [4.78, 5) is 38.1. The number of likely N-dealkylation sites (tertiary alicyclic amines) is 1. The number of hydrogen-bond acceptors (Lipinski definition) is 12. The van der Waals surface area contributed by atoms with E-state index < -0.39 is 46.3 Å². The van der Waals surface area contributed by atoms with Gasteiger partial charge in [0.15, 0.2) is 15.7 Å². The molecule has 0 bridgehead atoms. The van der Waals surface area contributed by atoms with Gasteiger partial charge in [0.25, 0.3) is 0 Å². The number of hydrogen-bond donors (Lipinski definition) is 3. The first-order valence-electron chi connectivity index (χ1n) is 17.0. The van der Waals surface area contributed by atoms with Crippen molar-refractivity contribution in [2.45, 2.75) is 48.3 Å². The minimum absolute atomic E-state index is 0.0450. The minimum atomic E-state index is -5.19. The molecule has 308 valence electrons. The molecule has 0 spiro atoms. The number of phenolic OH excluding ortho intramolecular Hbond substituents is 1. The van der Waals surface area contributed by atoms with Crippen LogP contribution >= 0.6 is 27.3 Å². The molecule has 5 rings (SSSR count). The molecule has 14 nitrogen and oxygen atoms in total. The van der Waals surface area contributed by atoms with Crippen LogP contribution in [0.2, 0.25) is 0 Å². The Morgan fingerprint density at radius 2 is 1.63 bits per heavy atom. The molecule has 1 unspecified atom stereocenters. The van der Waals surface area contributed by atoms with Crippen LogP contribution in [-0.2, 0) is 32.7 Å². The molecule has 4 N–H and O–H groups in total. The SMILES string of the molecule is COc1ccc(C[N+]2(C)CCC[C@H](N(C(=O)Nc3ccc(OS(=O)(=O)c4ccc(Br)s4)cc3)C(=O)[C@@H](N)Cc3ccc(O)cc3)C2)cc1OC.O=C([O-])C(F)(F)F. The number of benzene rings is 3. The van der Waals surface area contributed by atoms with E-state index >= 15 is 0 Å². The molecular formula is C37H40BrF3N4O10S2. The number of piperidine rings is 1. The maximum atomic E-state index is 14.1.